The summed E-state index contributed by atoms with van der Waals surface area (Å²) in [4.78, 5) is 4.06. The second-order valence-electron chi connectivity index (χ2n) is 2.85. The summed E-state index contributed by atoms with van der Waals surface area (Å²) in [5.41, 5.74) is 3.30. The van der Waals surface area contributed by atoms with Crippen molar-refractivity contribution in [1.82, 2.24) is 4.98 Å². The van der Waals surface area contributed by atoms with E-state index in [-0.39, 0.29) is 0 Å². The molecule has 1 aromatic rings. The van der Waals surface area contributed by atoms with Gasteiger partial charge in [0.15, 0.2) is 0 Å². The Morgan fingerprint density at radius 2 is 2.33 bits per heavy atom. The molecule has 3 N–H and O–H groups in total. The molecule has 1 fully saturated rings. The van der Waals surface area contributed by atoms with E-state index in [9.17, 15) is 0 Å². The minimum Gasteiger partial charge on any atom is -0.474 e. The van der Waals surface area contributed by atoms with Gasteiger partial charge in [-0.05, 0) is 18.9 Å². The predicted octanol–water partition coefficient (Wildman–Crippen LogP) is 0.908. The Hall–Kier alpha value is -1.29. The Labute approximate surface area is 70.7 Å². The molecule has 0 aliphatic heterocycles. The third-order valence-corrected chi connectivity index (χ3v) is 1.71. The lowest BCUT2D eigenvalue weighted by Crippen LogP contribution is -2.07. The van der Waals surface area contributed by atoms with Crippen LogP contribution in [0.2, 0.25) is 0 Å². The molecule has 0 unspecified atom stereocenters. The first-order valence-electron chi connectivity index (χ1n) is 3.98. The molecule has 0 bridgehead atoms. The van der Waals surface area contributed by atoms with Crippen molar-refractivity contribution in [3.63, 3.8) is 0 Å². The van der Waals surface area contributed by atoms with Gasteiger partial charge in [0.2, 0.25) is 5.88 Å². The van der Waals surface area contributed by atoms with Crippen LogP contribution < -0.4 is 16.0 Å². The van der Waals surface area contributed by atoms with Gasteiger partial charge in [-0.15, -0.1) is 0 Å². The normalized spacial score (nSPS) is 15.8. The van der Waals surface area contributed by atoms with E-state index in [0.29, 0.717) is 12.0 Å². The maximum atomic E-state index is 5.45. The summed E-state index contributed by atoms with van der Waals surface area (Å²) in [6.45, 7) is 0. The SMILES string of the molecule is NNc1ccc(OC2CC2)nc1. The molecular weight excluding hydrogens is 154 g/mol. The summed E-state index contributed by atoms with van der Waals surface area (Å²) in [6.07, 6.45) is 4.35. The number of nitrogens with zero attached hydrogens (tertiary/aromatic N) is 1. The molecule has 4 nitrogen and oxygen atoms in total. The molecule has 4 heteroatoms. The number of nitrogens with one attached hydrogen (secondary N) is 1. The first kappa shape index (κ1) is 7.36. The lowest BCUT2D eigenvalue weighted by molar-refractivity contribution is 0.291. The van der Waals surface area contributed by atoms with Crippen molar-refractivity contribution < 1.29 is 4.74 Å². The van der Waals surface area contributed by atoms with Crippen LogP contribution in [-0.4, -0.2) is 11.1 Å². The quantitative estimate of drug-likeness (QED) is 0.516. The zero-order valence-corrected chi connectivity index (χ0v) is 6.66. The second kappa shape index (κ2) is 2.98. The van der Waals surface area contributed by atoms with Crippen molar-refractivity contribution >= 4 is 5.69 Å². The molecule has 0 radical (unpaired) electrons. The molecule has 12 heavy (non-hydrogen) atoms. The average molecular weight is 165 g/mol. The predicted molar refractivity (Wildman–Crippen MR) is 45.7 cm³/mol. The van der Waals surface area contributed by atoms with Crippen LogP contribution >= 0.6 is 0 Å². The standard InChI is InChI=1S/C8H11N3O/c9-11-6-1-4-8(10-5-6)12-7-2-3-7/h1,4-5,7,11H,2-3,9H2. The van der Waals surface area contributed by atoms with Crippen LogP contribution in [-0.2, 0) is 0 Å². The monoisotopic (exact) mass is 165 g/mol. The highest BCUT2D eigenvalue weighted by molar-refractivity contribution is 5.40. The first-order valence-corrected chi connectivity index (χ1v) is 3.98. The number of aromatic nitrogens is 1. The lowest BCUT2D eigenvalue weighted by Gasteiger charge is -2.03. The first-order chi connectivity index (χ1) is 5.88. The zero-order valence-electron chi connectivity index (χ0n) is 6.66. The third-order valence-electron chi connectivity index (χ3n) is 1.71. The van der Waals surface area contributed by atoms with Crippen LogP contribution in [0.5, 0.6) is 5.88 Å². The lowest BCUT2D eigenvalue weighted by atomic mass is 10.4. The van der Waals surface area contributed by atoms with Gasteiger partial charge < -0.3 is 10.2 Å². The molecule has 1 heterocycles. The number of hydrogen-bond acceptors (Lipinski definition) is 4. The highest BCUT2D eigenvalue weighted by atomic mass is 16.5. The highest BCUT2D eigenvalue weighted by Gasteiger charge is 2.23. The maximum Gasteiger partial charge on any atom is 0.213 e. The molecule has 0 spiro atoms. The smallest absolute Gasteiger partial charge is 0.213 e. The fourth-order valence-corrected chi connectivity index (χ4v) is 0.892. The topological polar surface area (TPSA) is 60.2 Å². The van der Waals surface area contributed by atoms with Crippen LogP contribution in [0.25, 0.3) is 0 Å². The Bertz CT molecular complexity index is 256. The van der Waals surface area contributed by atoms with E-state index in [2.05, 4.69) is 10.4 Å². The van der Waals surface area contributed by atoms with Crippen molar-refractivity contribution in [2.75, 3.05) is 5.43 Å². The Balaban J connectivity index is 2.02. The number of anilines is 1. The van der Waals surface area contributed by atoms with Crippen LogP contribution in [0.1, 0.15) is 12.8 Å². The number of nitrogens with two attached hydrogens (primary N) is 1. The number of pyridine rings is 1. The van der Waals surface area contributed by atoms with Gasteiger partial charge in [-0.1, -0.05) is 0 Å². The maximum absolute atomic E-state index is 5.45. The molecule has 0 amide bonds. The third kappa shape index (κ3) is 1.65. The van der Waals surface area contributed by atoms with Crippen LogP contribution in [0.4, 0.5) is 5.69 Å². The van der Waals surface area contributed by atoms with E-state index in [1.807, 2.05) is 12.1 Å². The molecule has 1 aliphatic rings. The fourth-order valence-electron chi connectivity index (χ4n) is 0.892. The van der Waals surface area contributed by atoms with Crippen molar-refractivity contribution in [3.8, 4) is 5.88 Å². The van der Waals surface area contributed by atoms with Gasteiger partial charge in [-0.25, -0.2) is 4.98 Å². The van der Waals surface area contributed by atoms with Crippen molar-refractivity contribution in [3.05, 3.63) is 18.3 Å². The van der Waals surface area contributed by atoms with Gasteiger partial charge in [0.1, 0.15) is 6.10 Å². The molecule has 1 saturated carbocycles. The van der Waals surface area contributed by atoms with Crippen molar-refractivity contribution in [2.24, 2.45) is 5.84 Å². The van der Waals surface area contributed by atoms with E-state index >= 15 is 0 Å². The van der Waals surface area contributed by atoms with Gasteiger partial charge >= 0.3 is 0 Å². The minimum atomic E-state index is 0.397. The van der Waals surface area contributed by atoms with E-state index in [0.717, 1.165) is 18.5 Å². The van der Waals surface area contributed by atoms with E-state index in [1.165, 1.54) is 0 Å². The van der Waals surface area contributed by atoms with Gasteiger partial charge in [-0.2, -0.15) is 0 Å². The van der Waals surface area contributed by atoms with Gasteiger partial charge in [0.25, 0.3) is 0 Å². The van der Waals surface area contributed by atoms with E-state index < -0.39 is 0 Å². The summed E-state index contributed by atoms with van der Waals surface area (Å²) in [5, 5.41) is 0. The number of nitrogen functional groups attached to an aromatic ring is 1. The van der Waals surface area contributed by atoms with Crippen molar-refractivity contribution in [2.45, 2.75) is 18.9 Å². The minimum absolute atomic E-state index is 0.397. The average Bonchev–Trinajstić information content (AvgIpc) is 2.90. The van der Waals surface area contributed by atoms with Crippen LogP contribution in [0.15, 0.2) is 18.3 Å². The van der Waals surface area contributed by atoms with E-state index in [1.54, 1.807) is 6.20 Å². The Morgan fingerprint density at radius 1 is 1.50 bits per heavy atom. The summed E-state index contributed by atoms with van der Waals surface area (Å²) in [6, 6.07) is 3.65. The summed E-state index contributed by atoms with van der Waals surface area (Å²) in [5.74, 6) is 5.86. The van der Waals surface area contributed by atoms with Crippen LogP contribution in [0.3, 0.4) is 0 Å². The Morgan fingerprint density at radius 3 is 2.83 bits per heavy atom. The largest absolute Gasteiger partial charge is 0.474 e. The van der Waals surface area contributed by atoms with Gasteiger partial charge in [0, 0.05) is 6.07 Å². The molecule has 64 valence electrons. The molecule has 2 rings (SSSR count). The fraction of sp³-hybridized carbons (Fsp3) is 0.375. The summed E-state index contributed by atoms with van der Waals surface area (Å²) >= 11 is 0. The number of hydrogen-bond donors (Lipinski definition) is 2. The van der Waals surface area contributed by atoms with Gasteiger partial charge in [-0.3, -0.25) is 5.84 Å². The summed E-state index contributed by atoms with van der Waals surface area (Å²) in [7, 11) is 0. The molecule has 0 aromatic carbocycles. The highest BCUT2D eigenvalue weighted by Crippen LogP contribution is 2.25. The van der Waals surface area contributed by atoms with Crippen molar-refractivity contribution in [1.29, 1.82) is 0 Å². The van der Waals surface area contributed by atoms with Crippen LogP contribution in [0, 0.1) is 0 Å². The molecule has 0 atom stereocenters. The van der Waals surface area contributed by atoms with Gasteiger partial charge in [0.05, 0.1) is 11.9 Å². The number of hydrazine groups is 1. The number of ether oxygens (including phenoxy) is 1. The molecule has 1 aromatic heterocycles. The summed E-state index contributed by atoms with van der Waals surface area (Å²) < 4.78 is 5.45. The second-order valence-corrected chi connectivity index (χ2v) is 2.85. The zero-order chi connectivity index (χ0) is 8.39. The van der Waals surface area contributed by atoms with E-state index in [4.69, 9.17) is 10.6 Å². The molecule has 0 saturated heterocycles. The molecule has 1 aliphatic carbocycles. The Kier molecular flexibility index (Phi) is 1.83. The molecular formula is C8H11N3O. The number of rotatable bonds is 3.